The van der Waals surface area contributed by atoms with E-state index in [9.17, 15) is 4.57 Å². The van der Waals surface area contributed by atoms with Gasteiger partial charge in [0.2, 0.25) is 0 Å². The largest absolute Gasteiger partial charge is 0.458 e. The maximum atomic E-state index is 12.1. The Labute approximate surface area is 113 Å². The Balaban J connectivity index is 2.94. The summed E-state index contributed by atoms with van der Waals surface area (Å²) >= 11 is 6.11. The smallest absolute Gasteiger partial charge is 0.412 e. The molecule has 0 spiro atoms. The molecule has 0 radical (unpaired) electrons. The van der Waals surface area contributed by atoms with Crippen molar-refractivity contribution in [3.05, 3.63) is 28.8 Å². The molecule has 0 aliphatic carbocycles. The molecule has 4 nitrogen and oxygen atoms in total. The fraction of sp³-hybridized carbons (Fsp3) is 0.500. The van der Waals surface area contributed by atoms with Crippen LogP contribution in [-0.4, -0.2) is 13.7 Å². The Kier molecular flexibility index (Phi) is 5.67. The molecule has 1 rings (SSSR count). The average molecular weight is 292 g/mol. The van der Waals surface area contributed by atoms with E-state index in [1.165, 1.54) is 7.05 Å². The second-order valence-electron chi connectivity index (χ2n) is 4.07. The van der Waals surface area contributed by atoms with Gasteiger partial charge in [0.1, 0.15) is 5.75 Å². The van der Waals surface area contributed by atoms with Gasteiger partial charge in [0.15, 0.2) is 0 Å². The lowest BCUT2D eigenvalue weighted by Gasteiger charge is -2.18. The van der Waals surface area contributed by atoms with Crippen LogP contribution in [0.5, 0.6) is 5.75 Å². The summed E-state index contributed by atoms with van der Waals surface area (Å²) in [5.41, 5.74) is 1.10. The van der Waals surface area contributed by atoms with E-state index in [-0.39, 0.29) is 0 Å². The molecular weight excluding hydrogens is 273 g/mol. The predicted molar refractivity (Wildman–Crippen MR) is 74.5 cm³/mol. The van der Waals surface area contributed by atoms with Gasteiger partial charge in [-0.05, 0) is 37.6 Å². The number of benzene rings is 1. The van der Waals surface area contributed by atoms with Crippen LogP contribution in [0.25, 0.3) is 0 Å². The quantitative estimate of drug-likeness (QED) is 0.798. The van der Waals surface area contributed by atoms with Crippen LogP contribution in [0.4, 0.5) is 0 Å². The van der Waals surface area contributed by atoms with E-state index in [2.05, 4.69) is 18.9 Å². The Hall–Kier alpha value is -0.540. The first-order valence-corrected chi connectivity index (χ1v) is 7.76. The van der Waals surface area contributed by atoms with Gasteiger partial charge in [-0.15, -0.1) is 0 Å². The lowest BCUT2D eigenvalue weighted by atomic mass is 10.0. The Morgan fingerprint density at radius 2 is 2.11 bits per heavy atom. The Morgan fingerprint density at radius 3 is 2.56 bits per heavy atom. The minimum absolute atomic E-state index is 0.291. The second-order valence-corrected chi connectivity index (χ2v) is 6.36. The van der Waals surface area contributed by atoms with E-state index in [0.717, 1.165) is 5.56 Å². The first-order chi connectivity index (χ1) is 8.41. The van der Waals surface area contributed by atoms with Gasteiger partial charge >= 0.3 is 7.75 Å². The summed E-state index contributed by atoms with van der Waals surface area (Å²) in [6.07, 6.45) is 0. The van der Waals surface area contributed by atoms with Crippen molar-refractivity contribution < 1.29 is 13.6 Å². The van der Waals surface area contributed by atoms with E-state index in [1.54, 1.807) is 13.0 Å². The van der Waals surface area contributed by atoms with Gasteiger partial charge in [-0.25, -0.2) is 9.65 Å². The van der Waals surface area contributed by atoms with Gasteiger partial charge in [-0.1, -0.05) is 31.5 Å². The third-order valence-corrected chi connectivity index (χ3v) is 4.29. The van der Waals surface area contributed by atoms with Crippen LogP contribution in [0.1, 0.15) is 32.3 Å². The van der Waals surface area contributed by atoms with Crippen LogP contribution >= 0.6 is 19.3 Å². The summed E-state index contributed by atoms with van der Waals surface area (Å²) in [6.45, 7) is 6.19. The van der Waals surface area contributed by atoms with E-state index < -0.39 is 7.75 Å². The van der Waals surface area contributed by atoms with Gasteiger partial charge in [-0.3, -0.25) is 4.52 Å². The van der Waals surface area contributed by atoms with E-state index >= 15 is 0 Å². The monoisotopic (exact) mass is 291 g/mol. The minimum Gasteiger partial charge on any atom is -0.412 e. The first kappa shape index (κ1) is 15.5. The number of nitrogens with one attached hydrogen (secondary N) is 1. The molecule has 1 aromatic rings. The molecule has 0 fully saturated rings. The lowest BCUT2D eigenvalue weighted by molar-refractivity contribution is 0.272. The summed E-state index contributed by atoms with van der Waals surface area (Å²) in [4.78, 5) is 0. The van der Waals surface area contributed by atoms with Crippen LogP contribution in [0, 0.1) is 0 Å². The standard InChI is InChI=1S/C12H19ClNO3P/c1-5-16-18(15,14-4)17-12-7-6-10(9(2)3)8-11(12)13/h6-9H,5H2,1-4H3,(H,14,15). The van der Waals surface area contributed by atoms with E-state index in [4.69, 9.17) is 20.6 Å². The third-order valence-electron chi connectivity index (χ3n) is 2.41. The molecule has 0 aliphatic heterocycles. The minimum atomic E-state index is -3.32. The molecule has 0 aromatic heterocycles. The molecule has 0 bridgehead atoms. The molecule has 1 aromatic carbocycles. The Morgan fingerprint density at radius 1 is 1.44 bits per heavy atom. The van der Waals surface area contributed by atoms with Gasteiger partial charge in [-0.2, -0.15) is 0 Å². The third kappa shape index (κ3) is 3.99. The van der Waals surface area contributed by atoms with Crippen LogP contribution in [-0.2, 0) is 9.09 Å². The number of halogens is 1. The summed E-state index contributed by atoms with van der Waals surface area (Å²) in [7, 11) is -1.80. The van der Waals surface area contributed by atoms with Crippen molar-refractivity contribution in [3.63, 3.8) is 0 Å². The fourth-order valence-corrected chi connectivity index (χ4v) is 2.70. The van der Waals surface area contributed by atoms with E-state index in [0.29, 0.717) is 23.3 Å². The summed E-state index contributed by atoms with van der Waals surface area (Å²) < 4.78 is 22.5. The summed E-state index contributed by atoms with van der Waals surface area (Å²) in [5, 5.41) is 2.97. The molecule has 0 heterocycles. The summed E-state index contributed by atoms with van der Waals surface area (Å²) in [5.74, 6) is 0.728. The second kappa shape index (κ2) is 6.58. The summed E-state index contributed by atoms with van der Waals surface area (Å²) in [6, 6.07) is 5.42. The zero-order valence-electron chi connectivity index (χ0n) is 11.1. The highest BCUT2D eigenvalue weighted by atomic mass is 35.5. The average Bonchev–Trinajstić information content (AvgIpc) is 2.32. The van der Waals surface area contributed by atoms with Gasteiger partial charge in [0.25, 0.3) is 0 Å². The molecule has 1 atom stereocenters. The molecule has 18 heavy (non-hydrogen) atoms. The predicted octanol–water partition coefficient (Wildman–Crippen LogP) is 4.21. The van der Waals surface area contributed by atoms with Crippen molar-refractivity contribution in [3.8, 4) is 5.75 Å². The normalized spacial score (nSPS) is 14.6. The highest BCUT2D eigenvalue weighted by molar-refractivity contribution is 7.52. The van der Waals surface area contributed by atoms with E-state index in [1.807, 2.05) is 12.1 Å². The topological polar surface area (TPSA) is 47.6 Å². The van der Waals surface area contributed by atoms with Crippen molar-refractivity contribution in [1.82, 2.24) is 5.09 Å². The van der Waals surface area contributed by atoms with Crippen LogP contribution in [0.3, 0.4) is 0 Å². The molecule has 102 valence electrons. The SMILES string of the molecule is CCOP(=O)(NC)Oc1ccc(C(C)C)cc1Cl. The molecule has 1 N–H and O–H groups in total. The maximum absolute atomic E-state index is 12.1. The van der Waals surface area contributed by atoms with Crippen LogP contribution in [0.15, 0.2) is 18.2 Å². The number of rotatable bonds is 6. The van der Waals surface area contributed by atoms with Gasteiger partial charge in [0.05, 0.1) is 11.6 Å². The van der Waals surface area contributed by atoms with Crippen molar-refractivity contribution in [2.45, 2.75) is 26.7 Å². The van der Waals surface area contributed by atoms with Crippen LogP contribution in [0.2, 0.25) is 5.02 Å². The van der Waals surface area contributed by atoms with Crippen molar-refractivity contribution in [1.29, 1.82) is 0 Å². The van der Waals surface area contributed by atoms with Crippen LogP contribution < -0.4 is 9.61 Å². The fourth-order valence-electron chi connectivity index (χ4n) is 1.39. The van der Waals surface area contributed by atoms with Crippen molar-refractivity contribution in [2.75, 3.05) is 13.7 Å². The zero-order chi connectivity index (χ0) is 13.8. The van der Waals surface area contributed by atoms with Gasteiger partial charge < -0.3 is 4.52 Å². The molecule has 1 unspecified atom stereocenters. The molecule has 0 saturated carbocycles. The highest BCUT2D eigenvalue weighted by Crippen LogP contribution is 2.45. The molecule has 0 saturated heterocycles. The molecular formula is C12H19ClNO3P. The first-order valence-electron chi connectivity index (χ1n) is 5.84. The molecule has 0 aliphatic rings. The number of hydrogen-bond acceptors (Lipinski definition) is 3. The maximum Gasteiger partial charge on any atom is 0.458 e. The Bertz CT molecular complexity index is 451. The highest BCUT2D eigenvalue weighted by Gasteiger charge is 2.24. The molecule has 0 amide bonds. The zero-order valence-corrected chi connectivity index (χ0v) is 12.7. The van der Waals surface area contributed by atoms with Crippen molar-refractivity contribution >= 4 is 19.3 Å². The number of hydrogen-bond donors (Lipinski definition) is 1. The van der Waals surface area contributed by atoms with Gasteiger partial charge in [0, 0.05) is 0 Å². The lowest BCUT2D eigenvalue weighted by Crippen LogP contribution is -2.11. The van der Waals surface area contributed by atoms with Crippen molar-refractivity contribution in [2.24, 2.45) is 0 Å². The molecule has 6 heteroatoms.